The SMILES string of the molecule is Cc1nn(-c2ccccc2)c(C)c1/C=C/C(=O)OCC(=O)NCc1ccco1. The van der Waals surface area contributed by atoms with Crippen LogP contribution in [0.5, 0.6) is 0 Å². The first-order valence-electron chi connectivity index (χ1n) is 8.80. The molecule has 28 heavy (non-hydrogen) atoms. The van der Waals surface area contributed by atoms with Crippen LogP contribution in [0.25, 0.3) is 11.8 Å². The lowest BCUT2D eigenvalue weighted by Gasteiger charge is -2.04. The van der Waals surface area contributed by atoms with Gasteiger partial charge in [-0.25, -0.2) is 9.48 Å². The van der Waals surface area contributed by atoms with E-state index in [1.807, 2.05) is 48.9 Å². The summed E-state index contributed by atoms with van der Waals surface area (Å²) < 4.78 is 11.9. The lowest BCUT2D eigenvalue weighted by atomic mass is 10.2. The standard InChI is InChI=1S/C21H21N3O4/c1-15-19(16(2)24(23-15)17-7-4-3-5-8-17)10-11-21(26)28-14-20(25)22-13-18-9-6-12-27-18/h3-12H,13-14H2,1-2H3,(H,22,25)/b11-10+. The molecule has 0 aliphatic rings. The third-order valence-corrected chi connectivity index (χ3v) is 4.12. The van der Waals surface area contributed by atoms with Gasteiger partial charge in [-0.3, -0.25) is 4.79 Å². The predicted molar refractivity (Wildman–Crippen MR) is 104 cm³/mol. The van der Waals surface area contributed by atoms with Crippen molar-refractivity contribution < 1.29 is 18.7 Å². The van der Waals surface area contributed by atoms with E-state index in [-0.39, 0.29) is 13.2 Å². The highest BCUT2D eigenvalue weighted by Crippen LogP contribution is 2.19. The van der Waals surface area contributed by atoms with Gasteiger partial charge in [-0.15, -0.1) is 0 Å². The van der Waals surface area contributed by atoms with E-state index < -0.39 is 11.9 Å². The Balaban J connectivity index is 1.55. The topological polar surface area (TPSA) is 86.4 Å². The molecule has 2 heterocycles. The number of rotatable bonds is 7. The number of aromatic nitrogens is 2. The molecule has 0 aliphatic carbocycles. The molecule has 2 aromatic heterocycles. The molecule has 0 radical (unpaired) electrons. The number of hydrogen-bond acceptors (Lipinski definition) is 5. The van der Waals surface area contributed by atoms with Gasteiger partial charge in [0.05, 0.1) is 24.2 Å². The second kappa shape index (κ2) is 8.85. The molecule has 0 unspecified atom stereocenters. The van der Waals surface area contributed by atoms with Crippen LogP contribution in [0.15, 0.2) is 59.2 Å². The minimum atomic E-state index is -0.598. The van der Waals surface area contributed by atoms with Gasteiger partial charge in [-0.05, 0) is 44.2 Å². The molecule has 0 spiro atoms. The normalized spacial score (nSPS) is 10.9. The second-order valence-electron chi connectivity index (χ2n) is 6.13. The molecule has 3 aromatic rings. The Hall–Kier alpha value is -3.61. The van der Waals surface area contributed by atoms with Crippen LogP contribution >= 0.6 is 0 Å². The number of carbonyl (C=O) groups is 2. The van der Waals surface area contributed by atoms with Gasteiger partial charge in [0, 0.05) is 17.3 Å². The van der Waals surface area contributed by atoms with Gasteiger partial charge in [0.2, 0.25) is 0 Å². The van der Waals surface area contributed by atoms with Crippen molar-refractivity contribution >= 4 is 18.0 Å². The van der Waals surface area contributed by atoms with Crippen LogP contribution in [0, 0.1) is 13.8 Å². The van der Waals surface area contributed by atoms with Gasteiger partial charge in [0.1, 0.15) is 5.76 Å². The highest BCUT2D eigenvalue weighted by molar-refractivity contribution is 5.89. The summed E-state index contributed by atoms with van der Waals surface area (Å²) in [6, 6.07) is 13.2. The number of benzene rings is 1. The highest BCUT2D eigenvalue weighted by atomic mass is 16.5. The van der Waals surface area contributed by atoms with Crippen LogP contribution in [-0.4, -0.2) is 28.3 Å². The average Bonchev–Trinajstić information content (AvgIpc) is 3.32. The monoisotopic (exact) mass is 379 g/mol. The maximum Gasteiger partial charge on any atom is 0.331 e. The second-order valence-corrected chi connectivity index (χ2v) is 6.13. The molecule has 1 amide bonds. The molecule has 0 aliphatic heterocycles. The van der Waals surface area contributed by atoms with Crippen LogP contribution < -0.4 is 5.32 Å². The summed E-state index contributed by atoms with van der Waals surface area (Å²) in [5.74, 6) is -0.372. The van der Waals surface area contributed by atoms with Crippen molar-refractivity contribution in [3.8, 4) is 5.69 Å². The molecule has 144 valence electrons. The number of ether oxygens (including phenoxy) is 1. The van der Waals surface area contributed by atoms with Crippen LogP contribution in [-0.2, 0) is 20.9 Å². The third-order valence-electron chi connectivity index (χ3n) is 4.12. The Labute approximate surface area is 162 Å². The van der Waals surface area contributed by atoms with Crippen molar-refractivity contribution in [1.82, 2.24) is 15.1 Å². The first-order valence-corrected chi connectivity index (χ1v) is 8.80. The van der Waals surface area contributed by atoms with Crippen molar-refractivity contribution in [1.29, 1.82) is 0 Å². The van der Waals surface area contributed by atoms with Crippen LogP contribution in [0.1, 0.15) is 22.7 Å². The summed E-state index contributed by atoms with van der Waals surface area (Å²) in [5.41, 5.74) is 3.48. The number of nitrogens with one attached hydrogen (secondary N) is 1. The molecule has 1 N–H and O–H groups in total. The molecule has 7 nitrogen and oxygen atoms in total. The zero-order chi connectivity index (χ0) is 19.9. The number of esters is 1. The molecule has 0 saturated heterocycles. The summed E-state index contributed by atoms with van der Waals surface area (Å²) in [5, 5.41) is 7.13. The number of carbonyl (C=O) groups excluding carboxylic acids is 2. The van der Waals surface area contributed by atoms with Crippen molar-refractivity contribution in [2.45, 2.75) is 20.4 Å². The fourth-order valence-corrected chi connectivity index (χ4v) is 2.70. The first-order chi connectivity index (χ1) is 13.5. The summed E-state index contributed by atoms with van der Waals surface area (Å²) in [6.07, 6.45) is 4.47. The van der Waals surface area contributed by atoms with Crippen LogP contribution in [0.3, 0.4) is 0 Å². The summed E-state index contributed by atoms with van der Waals surface area (Å²) in [7, 11) is 0. The van der Waals surface area contributed by atoms with Crippen molar-refractivity contribution in [3.63, 3.8) is 0 Å². The molecule has 0 bridgehead atoms. The number of aryl methyl sites for hydroxylation is 1. The maximum absolute atomic E-state index is 11.9. The zero-order valence-corrected chi connectivity index (χ0v) is 15.7. The molecule has 0 fully saturated rings. The Kier molecular flexibility index (Phi) is 6.06. The minimum absolute atomic E-state index is 0.246. The van der Waals surface area contributed by atoms with Crippen LogP contribution in [0.2, 0.25) is 0 Å². The summed E-state index contributed by atoms with van der Waals surface area (Å²) >= 11 is 0. The number of furan rings is 1. The lowest BCUT2D eigenvalue weighted by molar-refractivity contribution is -0.143. The number of para-hydroxylation sites is 1. The Morgan fingerprint density at radius 3 is 2.68 bits per heavy atom. The fourth-order valence-electron chi connectivity index (χ4n) is 2.70. The molecule has 1 aromatic carbocycles. The van der Waals surface area contributed by atoms with Gasteiger partial charge in [-0.2, -0.15) is 5.10 Å². The number of amides is 1. The van der Waals surface area contributed by atoms with Gasteiger partial charge in [0.15, 0.2) is 6.61 Å². The molecule has 0 saturated carbocycles. The molecular formula is C21H21N3O4. The van der Waals surface area contributed by atoms with Gasteiger partial charge < -0.3 is 14.5 Å². The van der Waals surface area contributed by atoms with Crippen molar-refractivity contribution in [3.05, 3.63) is 77.5 Å². The molecular weight excluding hydrogens is 358 g/mol. The quantitative estimate of drug-likeness (QED) is 0.504. The summed E-state index contributed by atoms with van der Waals surface area (Å²) in [6.45, 7) is 3.70. The van der Waals surface area contributed by atoms with Gasteiger partial charge >= 0.3 is 5.97 Å². The van der Waals surface area contributed by atoms with Crippen molar-refractivity contribution in [2.24, 2.45) is 0 Å². The predicted octanol–water partition coefficient (Wildman–Crippen LogP) is 2.95. The fraction of sp³-hybridized carbons (Fsp3) is 0.190. The van der Waals surface area contributed by atoms with E-state index in [1.165, 1.54) is 12.3 Å². The maximum atomic E-state index is 11.9. The average molecular weight is 379 g/mol. The van der Waals surface area contributed by atoms with E-state index in [1.54, 1.807) is 18.2 Å². The molecule has 7 heteroatoms. The first kappa shape index (κ1) is 19.2. The van der Waals surface area contributed by atoms with Crippen molar-refractivity contribution in [2.75, 3.05) is 6.61 Å². The zero-order valence-electron chi connectivity index (χ0n) is 15.7. The highest BCUT2D eigenvalue weighted by Gasteiger charge is 2.11. The Bertz CT molecular complexity index is 973. The number of hydrogen-bond donors (Lipinski definition) is 1. The summed E-state index contributed by atoms with van der Waals surface area (Å²) in [4.78, 5) is 23.6. The molecule has 3 rings (SSSR count). The van der Waals surface area contributed by atoms with Gasteiger partial charge in [0.25, 0.3) is 5.91 Å². The Morgan fingerprint density at radius 1 is 1.18 bits per heavy atom. The van der Waals surface area contributed by atoms with E-state index in [9.17, 15) is 9.59 Å². The Morgan fingerprint density at radius 2 is 1.96 bits per heavy atom. The minimum Gasteiger partial charge on any atom is -0.467 e. The smallest absolute Gasteiger partial charge is 0.331 e. The third kappa shape index (κ3) is 4.76. The van der Waals surface area contributed by atoms with E-state index in [2.05, 4.69) is 10.4 Å². The van der Waals surface area contributed by atoms with E-state index in [4.69, 9.17) is 9.15 Å². The largest absolute Gasteiger partial charge is 0.467 e. The number of nitrogens with zero attached hydrogens (tertiary/aromatic N) is 2. The lowest BCUT2D eigenvalue weighted by Crippen LogP contribution is -2.27. The van der Waals surface area contributed by atoms with Gasteiger partial charge in [-0.1, -0.05) is 18.2 Å². The molecule has 0 atom stereocenters. The van der Waals surface area contributed by atoms with Crippen LogP contribution in [0.4, 0.5) is 0 Å². The van der Waals surface area contributed by atoms with E-state index >= 15 is 0 Å². The van der Waals surface area contributed by atoms with E-state index in [0.717, 1.165) is 22.6 Å². The van der Waals surface area contributed by atoms with E-state index in [0.29, 0.717) is 5.76 Å².